The second-order valence-electron chi connectivity index (χ2n) is 4.87. The molecule has 2 aromatic rings. The van der Waals surface area contributed by atoms with E-state index in [1.807, 2.05) is 24.3 Å². The molecular formula is C16H17ClN2O2. The average molecular weight is 305 g/mol. The Balaban J connectivity index is 1.83. The predicted octanol–water partition coefficient (Wildman–Crippen LogP) is 2.70. The van der Waals surface area contributed by atoms with Crippen LogP contribution in [0.15, 0.2) is 41.2 Å². The lowest BCUT2D eigenvalue weighted by molar-refractivity contribution is 0.0951. The van der Waals surface area contributed by atoms with E-state index in [0.717, 1.165) is 24.1 Å². The number of pyridine rings is 1. The fourth-order valence-corrected chi connectivity index (χ4v) is 2.25. The summed E-state index contributed by atoms with van der Waals surface area (Å²) < 4.78 is 0. The molecule has 0 radical (unpaired) electrons. The first kappa shape index (κ1) is 15.3. The van der Waals surface area contributed by atoms with Crippen LogP contribution < -0.4 is 10.9 Å². The number of benzene rings is 1. The molecule has 0 saturated carbocycles. The third-order valence-electron chi connectivity index (χ3n) is 3.12. The van der Waals surface area contributed by atoms with Crippen molar-refractivity contribution >= 4 is 17.5 Å². The van der Waals surface area contributed by atoms with Gasteiger partial charge in [0.05, 0.1) is 0 Å². The lowest BCUT2D eigenvalue weighted by Crippen LogP contribution is -2.30. The molecule has 0 fully saturated rings. The van der Waals surface area contributed by atoms with E-state index in [1.165, 1.54) is 0 Å². The molecular weight excluding hydrogens is 288 g/mol. The first-order valence-corrected chi connectivity index (χ1v) is 7.16. The highest BCUT2D eigenvalue weighted by atomic mass is 35.5. The summed E-state index contributed by atoms with van der Waals surface area (Å²) in [5, 5.41) is 3.46. The summed E-state index contributed by atoms with van der Waals surface area (Å²) >= 11 is 5.91. The molecule has 0 aliphatic heterocycles. The van der Waals surface area contributed by atoms with Gasteiger partial charge in [-0.2, -0.15) is 0 Å². The number of aromatic nitrogens is 1. The second kappa shape index (κ2) is 7.09. The number of H-pyrrole nitrogens is 1. The molecule has 1 heterocycles. The van der Waals surface area contributed by atoms with Crippen LogP contribution in [0.5, 0.6) is 0 Å². The Labute approximate surface area is 128 Å². The monoisotopic (exact) mass is 304 g/mol. The van der Waals surface area contributed by atoms with Crippen LogP contribution >= 0.6 is 11.6 Å². The van der Waals surface area contributed by atoms with E-state index in [0.29, 0.717) is 11.6 Å². The van der Waals surface area contributed by atoms with E-state index >= 15 is 0 Å². The number of aryl methyl sites for hydroxylation is 2. The van der Waals surface area contributed by atoms with Gasteiger partial charge in [-0.05, 0) is 49.6 Å². The summed E-state index contributed by atoms with van der Waals surface area (Å²) in [7, 11) is 0. The molecule has 110 valence electrons. The molecule has 0 atom stereocenters. The van der Waals surface area contributed by atoms with Gasteiger partial charge < -0.3 is 10.3 Å². The minimum absolute atomic E-state index is 0.142. The van der Waals surface area contributed by atoms with Gasteiger partial charge in [-0.25, -0.2) is 0 Å². The zero-order valence-corrected chi connectivity index (χ0v) is 12.5. The zero-order chi connectivity index (χ0) is 15.2. The van der Waals surface area contributed by atoms with Crippen LogP contribution in [0.25, 0.3) is 0 Å². The number of hydrogen-bond donors (Lipinski definition) is 2. The maximum atomic E-state index is 11.9. The Morgan fingerprint density at radius 1 is 1.29 bits per heavy atom. The lowest BCUT2D eigenvalue weighted by Gasteiger charge is -2.05. The van der Waals surface area contributed by atoms with E-state index < -0.39 is 0 Å². The average Bonchev–Trinajstić information content (AvgIpc) is 2.43. The molecule has 5 heteroatoms. The topological polar surface area (TPSA) is 62.0 Å². The van der Waals surface area contributed by atoms with E-state index in [2.05, 4.69) is 10.3 Å². The van der Waals surface area contributed by atoms with Crippen molar-refractivity contribution in [3.05, 3.63) is 68.6 Å². The zero-order valence-electron chi connectivity index (χ0n) is 11.8. The highest BCUT2D eigenvalue weighted by Gasteiger charge is 2.09. The van der Waals surface area contributed by atoms with Crippen LogP contribution in [0.2, 0.25) is 5.02 Å². The quantitative estimate of drug-likeness (QED) is 0.834. The fraction of sp³-hybridized carbons (Fsp3) is 0.250. The van der Waals surface area contributed by atoms with Gasteiger partial charge >= 0.3 is 0 Å². The van der Waals surface area contributed by atoms with Gasteiger partial charge in [0.25, 0.3) is 11.5 Å². The number of rotatable bonds is 5. The Morgan fingerprint density at radius 3 is 2.81 bits per heavy atom. The normalized spacial score (nSPS) is 10.4. The minimum Gasteiger partial charge on any atom is -0.352 e. The van der Waals surface area contributed by atoms with Gasteiger partial charge in [0.1, 0.15) is 5.56 Å². The molecule has 2 N–H and O–H groups in total. The molecule has 0 bridgehead atoms. The summed E-state index contributed by atoms with van der Waals surface area (Å²) in [4.78, 5) is 26.1. The summed E-state index contributed by atoms with van der Waals surface area (Å²) in [6.07, 6.45) is 1.61. The van der Waals surface area contributed by atoms with Crippen LogP contribution in [-0.2, 0) is 6.42 Å². The number of carbonyl (C=O) groups is 1. The Bertz CT molecular complexity index is 695. The maximum Gasteiger partial charge on any atom is 0.260 e. The van der Waals surface area contributed by atoms with Crippen molar-refractivity contribution < 1.29 is 4.79 Å². The van der Waals surface area contributed by atoms with E-state index in [4.69, 9.17) is 11.6 Å². The first-order chi connectivity index (χ1) is 10.1. The van der Waals surface area contributed by atoms with Gasteiger partial charge in [-0.15, -0.1) is 0 Å². The Morgan fingerprint density at radius 2 is 2.10 bits per heavy atom. The van der Waals surface area contributed by atoms with Gasteiger partial charge in [0.15, 0.2) is 0 Å². The van der Waals surface area contributed by atoms with Crippen molar-refractivity contribution in [2.75, 3.05) is 6.54 Å². The smallest absolute Gasteiger partial charge is 0.260 e. The highest BCUT2D eigenvalue weighted by molar-refractivity contribution is 6.30. The fourth-order valence-electron chi connectivity index (χ4n) is 2.03. The molecule has 0 saturated heterocycles. The van der Waals surface area contributed by atoms with Crippen molar-refractivity contribution in [1.82, 2.24) is 10.3 Å². The van der Waals surface area contributed by atoms with Crippen LogP contribution in [-0.4, -0.2) is 17.4 Å². The molecule has 1 amide bonds. The number of nitrogens with one attached hydrogen (secondary N) is 2. The van der Waals surface area contributed by atoms with Crippen LogP contribution in [0, 0.1) is 6.92 Å². The standard InChI is InChI=1S/C16H17ClN2O2/c1-11-7-8-14(16(21)19-11)15(20)18-9-3-5-12-4-2-6-13(17)10-12/h2,4,6-8,10H,3,5,9H2,1H3,(H,18,20)(H,19,21). The van der Waals surface area contributed by atoms with Crippen LogP contribution in [0.3, 0.4) is 0 Å². The van der Waals surface area contributed by atoms with Gasteiger partial charge in [-0.1, -0.05) is 23.7 Å². The number of amides is 1. The molecule has 0 aliphatic carbocycles. The van der Waals surface area contributed by atoms with Gasteiger partial charge in [0.2, 0.25) is 0 Å². The van der Waals surface area contributed by atoms with Crippen LogP contribution in [0.1, 0.15) is 28.0 Å². The van der Waals surface area contributed by atoms with Crippen LogP contribution in [0.4, 0.5) is 0 Å². The van der Waals surface area contributed by atoms with Gasteiger partial charge in [-0.3, -0.25) is 9.59 Å². The first-order valence-electron chi connectivity index (χ1n) is 6.79. The van der Waals surface area contributed by atoms with Gasteiger partial charge in [0, 0.05) is 17.3 Å². The molecule has 0 aliphatic rings. The molecule has 1 aromatic carbocycles. The third-order valence-corrected chi connectivity index (χ3v) is 3.35. The van der Waals surface area contributed by atoms with Crippen molar-refractivity contribution in [1.29, 1.82) is 0 Å². The highest BCUT2D eigenvalue weighted by Crippen LogP contribution is 2.11. The lowest BCUT2D eigenvalue weighted by atomic mass is 10.1. The summed E-state index contributed by atoms with van der Waals surface area (Å²) in [6.45, 7) is 2.28. The summed E-state index contributed by atoms with van der Waals surface area (Å²) in [5.41, 5.74) is 1.65. The molecule has 1 aromatic heterocycles. The molecule has 0 unspecified atom stereocenters. The Hall–Kier alpha value is -2.07. The summed E-state index contributed by atoms with van der Waals surface area (Å²) in [5.74, 6) is -0.345. The van der Waals surface area contributed by atoms with E-state index in [9.17, 15) is 9.59 Å². The minimum atomic E-state index is -0.359. The second-order valence-corrected chi connectivity index (χ2v) is 5.31. The predicted molar refractivity (Wildman–Crippen MR) is 83.9 cm³/mol. The largest absolute Gasteiger partial charge is 0.352 e. The van der Waals surface area contributed by atoms with Crippen molar-refractivity contribution in [3.8, 4) is 0 Å². The summed E-state index contributed by atoms with van der Waals surface area (Å²) in [6, 6.07) is 10.9. The van der Waals surface area contributed by atoms with Crippen molar-refractivity contribution in [2.45, 2.75) is 19.8 Å². The van der Waals surface area contributed by atoms with Crippen molar-refractivity contribution in [2.24, 2.45) is 0 Å². The van der Waals surface area contributed by atoms with E-state index in [1.54, 1.807) is 19.1 Å². The number of aromatic amines is 1. The Kier molecular flexibility index (Phi) is 5.17. The SMILES string of the molecule is Cc1ccc(C(=O)NCCCc2cccc(Cl)c2)c(=O)[nH]1. The molecule has 4 nitrogen and oxygen atoms in total. The third kappa shape index (κ3) is 4.46. The van der Waals surface area contributed by atoms with E-state index in [-0.39, 0.29) is 17.0 Å². The number of halogens is 1. The number of hydrogen-bond acceptors (Lipinski definition) is 2. The number of carbonyl (C=O) groups excluding carboxylic acids is 1. The molecule has 0 spiro atoms. The molecule has 21 heavy (non-hydrogen) atoms. The van der Waals surface area contributed by atoms with Crippen molar-refractivity contribution in [3.63, 3.8) is 0 Å². The molecule has 2 rings (SSSR count). The maximum absolute atomic E-state index is 11.9.